The Labute approximate surface area is 87.4 Å². The molecule has 1 rings (SSSR count). The summed E-state index contributed by atoms with van der Waals surface area (Å²) in [4.78, 5) is 5.41. The van der Waals surface area contributed by atoms with E-state index in [0.717, 1.165) is 27.1 Å². The van der Waals surface area contributed by atoms with E-state index in [0.29, 0.717) is 0 Å². The molecule has 0 saturated carbocycles. The van der Waals surface area contributed by atoms with Crippen LogP contribution in [0.4, 0.5) is 0 Å². The maximum atomic E-state index is 9.41. The molecule has 0 radical (unpaired) electrons. The van der Waals surface area contributed by atoms with Crippen molar-refractivity contribution in [3.05, 3.63) is 15.6 Å². The summed E-state index contributed by atoms with van der Waals surface area (Å²) in [6, 6.07) is 0. The van der Waals surface area contributed by atoms with Crippen molar-refractivity contribution >= 4 is 23.1 Å². The van der Waals surface area contributed by atoms with Gasteiger partial charge in [0.25, 0.3) is 0 Å². The molecule has 4 heteroatoms. The smallest absolute Gasteiger partial charge is 0.103 e. The van der Waals surface area contributed by atoms with Crippen LogP contribution in [0.25, 0.3) is 0 Å². The molecule has 0 aliphatic carbocycles. The highest BCUT2D eigenvalue weighted by Crippen LogP contribution is 2.26. The van der Waals surface area contributed by atoms with Crippen LogP contribution < -0.4 is 0 Å². The monoisotopic (exact) mass is 217 g/mol. The van der Waals surface area contributed by atoms with Gasteiger partial charge in [0.1, 0.15) is 5.01 Å². The highest BCUT2D eigenvalue weighted by atomic mass is 32.2. The lowest BCUT2D eigenvalue weighted by Gasteiger charge is -1.98. The number of aromatic nitrogens is 1. The third kappa shape index (κ3) is 2.97. The second-order valence-corrected chi connectivity index (χ2v) is 5.26. The minimum atomic E-state index is -0.377. The van der Waals surface area contributed by atoms with E-state index in [1.54, 1.807) is 18.3 Å². The van der Waals surface area contributed by atoms with Gasteiger partial charge in [-0.1, -0.05) is 6.92 Å². The average molecular weight is 217 g/mol. The number of aryl methyl sites for hydroxylation is 1. The zero-order valence-electron chi connectivity index (χ0n) is 8.20. The highest BCUT2D eigenvalue weighted by Gasteiger charge is 2.11. The van der Waals surface area contributed by atoms with E-state index in [4.69, 9.17) is 0 Å². The lowest BCUT2D eigenvalue weighted by Crippen LogP contribution is -1.88. The first-order valence-electron chi connectivity index (χ1n) is 4.37. The van der Waals surface area contributed by atoms with Crippen LogP contribution in [-0.2, 0) is 5.75 Å². The van der Waals surface area contributed by atoms with Crippen molar-refractivity contribution in [1.29, 1.82) is 0 Å². The van der Waals surface area contributed by atoms with Gasteiger partial charge in [0.15, 0.2) is 0 Å². The van der Waals surface area contributed by atoms with Gasteiger partial charge in [0.05, 0.1) is 16.7 Å². The van der Waals surface area contributed by atoms with Gasteiger partial charge in [0, 0.05) is 5.75 Å². The topological polar surface area (TPSA) is 33.1 Å². The molecule has 1 unspecified atom stereocenters. The molecule has 0 saturated heterocycles. The Kier molecular flexibility index (Phi) is 4.22. The van der Waals surface area contributed by atoms with Crippen molar-refractivity contribution < 1.29 is 5.11 Å². The van der Waals surface area contributed by atoms with Crippen LogP contribution >= 0.6 is 23.1 Å². The molecular formula is C9H15NOS2. The van der Waals surface area contributed by atoms with Crippen molar-refractivity contribution in [3.63, 3.8) is 0 Å². The van der Waals surface area contributed by atoms with Crippen molar-refractivity contribution in [1.82, 2.24) is 4.98 Å². The summed E-state index contributed by atoms with van der Waals surface area (Å²) in [5, 5.41) is 10.5. The Morgan fingerprint density at radius 1 is 1.62 bits per heavy atom. The number of hydrogen-bond acceptors (Lipinski definition) is 4. The number of rotatable bonds is 4. The Hall–Kier alpha value is -0.0600. The normalized spacial score (nSPS) is 13.2. The van der Waals surface area contributed by atoms with Gasteiger partial charge >= 0.3 is 0 Å². The number of aliphatic hydroxyl groups excluding tert-OH is 1. The highest BCUT2D eigenvalue weighted by molar-refractivity contribution is 7.98. The fourth-order valence-corrected chi connectivity index (χ4v) is 2.83. The molecule has 74 valence electrons. The number of thioether (sulfide) groups is 1. The van der Waals surface area contributed by atoms with E-state index in [2.05, 4.69) is 11.9 Å². The van der Waals surface area contributed by atoms with Gasteiger partial charge in [-0.25, -0.2) is 4.98 Å². The zero-order chi connectivity index (χ0) is 9.84. The summed E-state index contributed by atoms with van der Waals surface area (Å²) in [7, 11) is 0. The predicted octanol–water partition coefficient (Wildman–Crippen LogP) is 2.76. The fourth-order valence-electron chi connectivity index (χ4n) is 1.10. The molecule has 1 aromatic heterocycles. The van der Waals surface area contributed by atoms with Gasteiger partial charge in [-0.05, 0) is 19.6 Å². The van der Waals surface area contributed by atoms with Crippen LogP contribution in [0.1, 0.15) is 35.5 Å². The summed E-state index contributed by atoms with van der Waals surface area (Å²) in [5.41, 5.74) is 0.978. The Bertz CT molecular complexity index is 271. The van der Waals surface area contributed by atoms with Crippen molar-refractivity contribution in [2.24, 2.45) is 0 Å². The summed E-state index contributed by atoms with van der Waals surface area (Å²) in [6.45, 7) is 5.89. The molecule has 1 atom stereocenters. The fraction of sp³-hybridized carbons (Fsp3) is 0.667. The van der Waals surface area contributed by atoms with Crippen LogP contribution in [0.15, 0.2) is 0 Å². The molecule has 13 heavy (non-hydrogen) atoms. The molecule has 0 aromatic carbocycles. The Morgan fingerprint density at radius 3 is 2.77 bits per heavy atom. The first-order valence-corrected chi connectivity index (χ1v) is 6.34. The molecule has 0 fully saturated rings. The van der Waals surface area contributed by atoms with Gasteiger partial charge in [-0.15, -0.1) is 11.3 Å². The predicted molar refractivity (Wildman–Crippen MR) is 59.3 cm³/mol. The molecule has 0 spiro atoms. The molecule has 0 aliphatic heterocycles. The van der Waals surface area contributed by atoms with Gasteiger partial charge in [0.2, 0.25) is 0 Å². The minimum Gasteiger partial charge on any atom is -0.388 e. The maximum absolute atomic E-state index is 9.41. The van der Waals surface area contributed by atoms with E-state index >= 15 is 0 Å². The van der Waals surface area contributed by atoms with E-state index in [9.17, 15) is 5.11 Å². The molecule has 0 bridgehead atoms. The summed E-state index contributed by atoms with van der Waals surface area (Å²) in [6.07, 6.45) is -0.377. The molecule has 1 aromatic rings. The van der Waals surface area contributed by atoms with Gasteiger partial charge < -0.3 is 5.11 Å². The number of nitrogens with zero attached hydrogens (tertiary/aromatic N) is 1. The Balaban J connectivity index is 2.71. The number of thiazole rings is 1. The standard InChI is InChI=1S/C9H15NOS2/c1-4-12-5-8-10-6(2)9(13-8)7(3)11/h7,11H,4-5H2,1-3H3. The third-order valence-corrected chi connectivity index (χ3v) is 4.08. The average Bonchev–Trinajstić information content (AvgIpc) is 2.43. The SMILES string of the molecule is CCSCc1nc(C)c(C(C)O)s1. The summed E-state index contributed by atoms with van der Waals surface area (Å²) < 4.78 is 0. The third-order valence-electron chi connectivity index (χ3n) is 1.69. The van der Waals surface area contributed by atoms with E-state index < -0.39 is 0 Å². The molecule has 1 N–H and O–H groups in total. The van der Waals surface area contributed by atoms with E-state index in [1.807, 2.05) is 18.7 Å². The maximum Gasteiger partial charge on any atom is 0.103 e. The second-order valence-electron chi connectivity index (χ2n) is 2.87. The summed E-state index contributed by atoms with van der Waals surface area (Å²) >= 11 is 3.49. The van der Waals surface area contributed by atoms with E-state index in [1.165, 1.54) is 0 Å². The Morgan fingerprint density at radius 2 is 2.31 bits per heavy atom. The van der Waals surface area contributed by atoms with Gasteiger partial charge in [-0.3, -0.25) is 0 Å². The largest absolute Gasteiger partial charge is 0.388 e. The lowest BCUT2D eigenvalue weighted by molar-refractivity contribution is 0.202. The van der Waals surface area contributed by atoms with Crippen LogP contribution in [0, 0.1) is 6.92 Å². The quantitative estimate of drug-likeness (QED) is 0.842. The van der Waals surface area contributed by atoms with Crippen LogP contribution in [0.3, 0.4) is 0 Å². The molecule has 1 heterocycles. The van der Waals surface area contributed by atoms with Crippen molar-refractivity contribution in [2.45, 2.75) is 32.6 Å². The minimum absolute atomic E-state index is 0.377. The molecule has 0 amide bonds. The van der Waals surface area contributed by atoms with Crippen molar-refractivity contribution in [2.75, 3.05) is 5.75 Å². The van der Waals surface area contributed by atoms with Crippen LogP contribution in [0.5, 0.6) is 0 Å². The molecular weight excluding hydrogens is 202 g/mol. The first-order chi connectivity index (χ1) is 6.15. The number of hydrogen-bond donors (Lipinski definition) is 1. The summed E-state index contributed by atoms with van der Waals surface area (Å²) in [5.74, 6) is 2.08. The van der Waals surface area contributed by atoms with Crippen molar-refractivity contribution in [3.8, 4) is 0 Å². The van der Waals surface area contributed by atoms with E-state index in [-0.39, 0.29) is 6.10 Å². The van der Waals surface area contributed by atoms with Crippen LogP contribution in [-0.4, -0.2) is 15.8 Å². The number of aliphatic hydroxyl groups is 1. The van der Waals surface area contributed by atoms with Gasteiger partial charge in [-0.2, -0.15) is 11.8 Å². The molecule has 2 nitrogen and oxygen atoms in total. The second kappa shape index (κ2) is 4.98. The first kappa shape index (κ1) is 11.0. The zero-order valence-corrected chi connectivity index (χ0v) is 9.84. The lowest BCUT2D eigenvalue weighted by atomic mass is 10.3. The molecule has 0 aliphatic rings. The van der Waals surface area contributed by atoms with Crippen LogP contribution in [0.2, 0.25) is 0 Å².